The molecule has 6 nitrogen and oxygen atoms in total. The van der Waals surface area contributed by atoms with Crippen LogP contribution >= 0.6 is 11.6 Å². The van der Waals surface area contributed by atoms with Gasteiger partial charge in [0.05, 0.1) is 16.0 Å². The molecule has 0 fully saturated rings. The predicted molar refractivity (Wildman–Crippen MR) is 65.1 cm³/mol. The van der Waals surface area contributed by atoms with Crippen LogP contribution in [0.3, 0.4) is 0 Å². The molecule has 2 aromatic rings. The van der Waals surface area contributed by atoms with Crippen LogP contribution in [0.1, 0.15) is 15.9 Å². The summed E-state index contributed by atoms with van der Waals surface area (Å²) in [4.78, 5) is 25.3. The highest BCUT2D eigenvalue weighted by Crippen LogP contribution is 2.28. The van der Waals surface area contributed by atoms with Crippen molar-refractivity contribution in [2.45, 2.75) is 6.92 Å². The molecule has 0 saturated heterocycles. The largest absolute Gasteiger partial charge is 0.478 e. The summed E-state index contributed by atoms with van der Waals surface area (Å²) in [7, 11) is 0. The average molecular weight is 267 g/mol. The summed E-state index contributed by atoms with van der Waals surface area (Å²) >= 11 is 5.73. The van der Waals surface area contributed by atoms with Gasteiger partial charge in [0.2, 0.25) is 0 Å². The third-order valence-electron chi connectivity index (χ3n) is 2.50. The molecule has 1 aromatic heterocycles. The Labute approximate surface area is 106 Å². The van der Waals surface area contributed by atoms with Crippen molar-refractivity contribution in [1.29, 1.82) is 0 Å². The fourth-order valence-electron chi connectivity index (χ4n) is 1.73. The molecule has 1 aromatic carbocycles. The Balaban J connectivity index is 2.92. The highest BCUT2D eigenvalue weighted by atomic mass is 35.5. The number of hydrogen-bond acceptors (Lipinski definition) is 4. The fourth-order valence-corrected chi connectivity index (χ4v) is 1.93. The lowest BCUT2D eigenvalue weighted by Crippen LogP contribution is -2.01. The van der Waals surface area contributed by atoms with Crippen molar-refractivity contribution in [2.75, 3.05) is 0 Å². The highest BCUT2D eigenvalue weighted by Gasteiger charge is 2.17. The van der Waals surface area contributed by atoms with Gasteiger partial charge in [-0.05, 0) is 18.6 Å². The molecule has 0 spiro atoms. The van der Waals surface area contributed by atoms with Crippen LogP contribution in [0.15, 0.2) is 18.2 Å². The van der Waals surface area contributed by atoms with Crippen LogP contribution in [-0.4, -0.2) is 21.0 Å². The van der Waals surface area contributed by atoms with Gasteiger partial charge in [-0.25, -0.2) is 9.78 Å². The molecule has 0 radical (unpaired) electrons. The zero-order chi connectivity index (χ0) is 13.4. The summed E-state index contributed by atoms with van der Waals surface area (Å²) in [5.74, 6) is -1.20. The molecule has 18 heavy (non-hydrogen) atoms. The van der Waals surface area contributed by atoms with Crippen LogP contribution in [0.2, 0.25) is 5.15 Å². The molecule has 0 amide bonds. The number of carboxylic acid groups (broad SMARTS) is 1. The lowest BCUT2D eigenvalue weighted by Gasteiger charge is -2.05. The van der Waals surface area contributed by atoms with Gasteiger partial charge in [-0.1, -0.05) is 11.6 Å². The lowest BCUT2D eigenvalue weighted by molar-refractivity contribution is -0.384. The fraction of sp³-hybridized carbons (Fsp3) is 0.0909. The Kier molecular flexibility index (Phi) is 2.88. The Bertz CT molecular complexity index is 684. The van der Waals surface area contributed by atoms with Crippen molar-refractivity contribution in [3.63, 3.8) is 0 Å². The summed E-state index contributed by atoms with van der Waals surface area (Å²) in [6, 6.07) is 3.70. The van der Waals surface area contributed by atoms with Crippen LogP contribution < -0.4 is 0 Å². The minimum atomic E-state index is -1.20. The van der Waals surface area contributed by atoms with Gasteiger partial charge >= 0.3 is 5.97 Å². The van der Waals surface area contributed by atoms with Crippen LogP contribution in [-0.2, 0) is 0 Å². The maximum Gasteiger partial charge on any atom is 0.336 e. The van der Waals surface area contributed by atoms with Crippen molar-refractivity contribution in [3.05, 3.63) is 44.6 Å². The summed E-state index contributed by atoms with van der Waals surface area (Å²) in [5.41, 5.74) is 0.582. The van der Waals surface area contributed by atoms with Crippen LogP contribution in [0.25, 0.3) is 10.9 Å². The maximum atomic E-state index is 11.1. The van der Waals surface area contributed by atoms with E-state index in [2.05, 4.69) is 4.98 Å². The molecule has 0 aliphatic carbocycles. The molecular weight excluding hydrogens is 260 g/mol. The molecule has 0 saturated carbocycles. The van der Waals surface area contributed by atoms with Crippen molar-refractivity contribution in [2.24, 2.45) is 0 Å². The molecule has 92 valence electrons. The SMILES string of the molecule is Cc1cc([N+](=O)[O-])cc2c(C(=O)O)cc(Cl)nc12. The molecule has 0 bridgehead atoms. The number of non-ortho nitro benzene ring substituents is 1. The van der Waals surface area contributed by atoms with Crippen LogP contribution in [0.4, 0.5) is 5.69 Å². The monoisotopic (exact) mass is 266 g/mol. The van der Waals surface area contributed by atoms with Gasteiger partial charge in [-0.3, -0.25) is 10.1 Å². The van der Waals surface area contributed by atoms with Crippen molar-refractivity contribution >= 4 is 34.2 Å². The molecule has 1 N–H and O–H groups in total. The van der Waals surface area contributed by atoms with Gasteiger partial charge in [-0.2, -0.15) is 0 Å². The van der Waals surface area contributed by atoms with Gasteiger partial charge in [0.25, 0.3) is 5.69 Å². The lowest BCUT2D eigenvalue weighted by atomic mass is 10.0. The third-order valence-corrected chi connectivity index (χ3v) is 2.69. The minimum Gasteiger partial charge on any atom is -0.478 e. The number of hydrogen-bond donors (Lipinski definition) is 1. The quantitative estimate of drug-likeness (QED) is 0.512. The normalized spacial score (nSPS) is 10.6. The number of nitro groups is 1. The van der Waals surface area contributed by atoms with Gasteiger partial charge in [-0.15, -0.1) is 0 Å². The van der Waals surface area contributed by atoms with Crippen molar-refractivity contribution < 1.29 is 14.8 Å². The van der Waals surface area contributed by atoms with Crippen LogP contribution in [0, 0.1) is 17.0 Å². The molecule has 0 unspecified atom stereocenters. The minimum absolute atomic E-state index is 0.0388. The Morgan fingerprint density at radius 3 is 2.67 bits per heavy atom. The number of aromatic carboxylic acids is 1. The van der Waals surface area contributed by atoms with Crippen LogP contribution in [0.5, 0.6) is 0 Å². The number of benzene rings is 1. The second kappa shape index (κ2) is 4.23. The smallest absolute Gasteiger partial charge is 0.336 e. The van der Waals surface area contributed by atoms with Gasteiger partial charge in [0, 0.05) is 17.5 Å². The van der Waals surface area contributed by atoms with E-state index in [-0.39, 0.29) is 21.8 Å². The Morgan fingerprint density at radius 1 is 1.44 bits per heavy atom. The first-order valence-electron chi connectivity index (χ1n) is 4.88. The number of aromatic nitrogens is 1. The predicted octanol–water partition coefficient (Wildman–Crippen LogP) is 2.80. The number of carboxylic acids is 1. The average Bonchev–Trinajstić information content (AvgIpc) is 2.28. The first kappa shape index (κ1) is 12.3. The van der Waals surface area contributed by atoms with Crippen molar-refractivity contribution in [1.82, 2.24) is 4.98 Å². The number of rotatable bonds is 2. The number of carbonyl (C=O) groups is 1. The van der Waals surface area contributed by atoms with Crippen molar-refractivity contribution in [3.8, 4) is 0 Å². The first-order valence-corrected chi connectivity index (χ1v) is 5.26. The number of aryl methyl sites for hydroxylation is 1. The summed E-state index contributed by atoms with van der Waals surface area (Å²) in [5, 5.41) is 20.1. The van der Waals surface area contributed by atoms with E-state index in [1.54, 1.807) is 6.92 Å². The maximum absolute atomic E-state index is 11.1. The topological polar surface area (TPSA) is 93.3 Å². The summed E-state index contributed by atoms with van der Waals surface area (Å²) in [6.07, 6.45) is 0. The molecule has 0 aliphatic heterocycles. The van der Waals surface area contributed by atoms with Gasteiger partial charge in [0.1, 0.15) is 5.15 Å². The van der Waals surface area contributed by atoms with E-state index in [0.717, 1.165) is 0 Å². The zero-order valence-electron chi connectivity index (χ0n) is 9.18. The van der Waals surface area contributed by atoms with E-state index in [1.807, 2.05) is 0 Å². The number of halogens is 1. The molecule has 7 heteroatoms. The molecule has 1 heterocycles. The Morgan fingerprint density at radius 2 is 2.11 bits per heavy atom. The second-order valence-corrected chi connectivity index (χ2v) is 4.10. The summed E-state index contributed by atoms with van der Waals surface area (Å²) < 4.78 is 0. The van der Waals surface area contributed by atoms with E-state index in [9.17, 15) is 14.9 Å². The van der Waals surface area contributed by atoms with E-state index >= 15 is 0 Å². The third kappa shape index (κ3) is 1.98. The van der Waals surface area contributed by atoms with E-state index in [4.69, 9.17) is 16.7 Å². The van der Waals surface area contributed by atoms with Gasteiger partial charge in [0.15, 0.2) is 0 Å². The highest BCUT2D eigenvalue weighted by molar-refractivity contribution is 6.30. The van der Waals surface area contributed by atoms with Gasteiger partial charge < -0.3 is 5.11 Å². The second-order valence-electron chi connectivity index (χ2n) is 3.71. The molecular formula is C11H7ClN2O4. The number of fused-ring (bicyclic) bond motifs is 1. The molecule has 0 aliphatic rings. The van der Waals surface area contributed by atoms with E-state index in [1.165, 1.54) is 18.2 Å². The molecule has 2 rings (SSSR count). The zero-order valence-corrected chi connectivity index (χ0v) is 9.93. The number of nitro benzene ring substituents is 1. The van der Waals surface area contributed by atoms with E-state index in [0.29, 0.717) is 11.1 Å². The molecule has 0 atom stereocenters. The number of nitrogens with zero attached hydrogens (tertiary/aromatic N) is 2. The van der Waals surface area contributed by atoms with E-state index < -0.39 is 10.9 Å². The Hall–Kier alpha value is -2.21. The summed E-state index contributed by atoms with van der Waals surface area (Å²) in [6.45, 7) is 1.62. The standard InChI is InChI=1S/C11H7ClN2O4/c1-5-2-6(14(17)18)3-7-8(11(15)16)4-9(12)13-10(5)7/h2-4H,1H3,(H,15,16). The first-order chi connectivity index (χ1) is 8.40. The number of pyridine rings is 1.